The lowest BCUT2D eigenvalue weighted by Gasteiger charge is -2.34. The van der Waals surface area contributed by atoms with Gasteiger partial charge in [-0.05, 0) is 58.2 Å². The van der Waals surface area contributed by atoms with Crippen molar-refractivity contribution in [2.75, 3.05) is 39.9 Å². The molecule has 5 heteroatoms. The summed E-state index contributed by atoms with van der Waals surface area (Å²) in [6.07, 6.45) is 3.91. The van der Waals surface area contributed by atoms with E-state index in [1.807, 2.05) is 0 Å². The zero-order chi connectivity index (χ0) is 15.0. The van der Waals surface area contributed by atoms with E-state index in [1.54, 1.807) is 14.0 Å². The van der Waals surface area contributed by atoms with Gasteiger partial charge in [-0.15, -0.1) is 0 Å². The molecule has 0 aliphatic carbocycles. The van der Waals surface area contributed by atoms with Crippen LogP contribution in [0.15, 0.2) is 0 Å². The van der Waals surface area contributed by atoms with Crippen molar-refractivity contribution in [2.45, 2.75) is 45.1 Å². The lowest BCUT2D eigenvalue weighted by molar-refractivity contribution is -0.144. The highest BCUT2D eigenvalue weighted by molar-refractivity contribution is 5.78. The number of carboxylic acids is 1. The molecule has 1 rings (SSSR count). The molecule has 1 atom stereocenters. The third kappa shape index (κ3) is 5.38. The Hall–Kier alpha value is -0.650. The molecule has 0 radical (unpaired) electrons. The number of piperidine rings is 1. The first kappa shape index (κ1) is 17.4. The van der Waals surface area contributed by atoms with Crippen LogP contribution in [0.2, 0.25) is 0 Å². The monoisotopic (exact) mass is 286 g/mol. The molecule has 1 saturated heterocycles. The van der Waals surface area contributed by atoms with Crippen LogP contribution in [0.25, 0.3) is 0 Å². The molecule has 2 N–H and O–H groups in total. The van der Waals surface area contributed by atoms with Gasteiger partial charge in [0.25, 0.3) is 0 Å². The predicted octanol–water partition coefficient (Wildman–Crippen LogP) is 1.58. The number of nitrogens with zero attached hydrogens (tertiary/aromatic N) is 1. The highest BCUT2D eigenvalue weighted by Crippen LogP contribution is 2.19. The van der Waals surface area contributed by atoms with Crippen LogP contribution in [-0.4, -0.2) is 61.4 Å². The molecule has 0 aromatic heterocycles. The van der Waals surface area contributed by atoms with Crippen LogP contribution in [-0.2, 0) is 9.53 Å². The van der Waals surface area contributed by atoms with Gasteiger partial charge >= 0.3 is 5.97 Å². The van der Waals surface area contributed by atoms with Gasteiger partial charge in [-0.25, -0.2) is 0 Å². The lowest BCUT2D eigenvalue weighted by Crippen LogP contribution is -2.52. The maximum Gasteiger partial charge on any atom is 0.323 e. The van der Waals surface area contributed by atoms with E-state index in [0.717, 1.165) is 52.0 Å². The predicted molar refractivity (Wildman–Crippen MR) is 80.0 cm³/mol. The Morgan fingerprint density at radius 2 is 2.10 bits per heavy atom. The molecule has 0 aromatic carbocycles. The van der Waals surface area contributed by atoms with E-state index in [0.29, 0.717) is 12.3 Å². The number of carbonyl (C=O) groups is 1. The number of methoxy groups -OCH3 is 1. The Labute approximate surface area is 122 Å². The summed E-state index contributed by atoms with van der Waals surface area (Å²) in [4.78, 5) is 13.8. The van der Waals surface area contributed by atoms with Crippen LogP contribution in [0.4, 0.5) is 0 Å². The third-order valence-electron chi connectivity index (χ3n) is 4.27. The number of hydrogen-bond donors (Lipinski definition) is 2. The van der Waals surface area contributed by atoms with Crippen molar-refractivity contribution in [1.82, 2.24) is 10.2 Å². The minimum absolute atomic E-state index is 0.650. The van der Waals surface area contributed by atoms with Crippen molar-refractivity contribution in [3.05, 3.63) is 0 Å². The van der Waals surface area contributed by atoms with Crippen molar-refractivity contribution in [3.63, 3.8) is 0 Å². The van der Waals surface area contributed by atoms with Gasteiger partial charge in [0.2, 0.25) is 0 Å². The molecule has 1 heterocycles. The maximum atomic E-state index is 11.4. The Balaban J connectivity index is 2.35. The molecule has 1 aliphatic rings. The average Bonchev–Trinajstić information content (AvgIpc) is 2.44. The van der Waals surface area contributed by atoms with Crippen LogP contribution in [0.1, 0.15) is 39.5 Å². The number of nitrogens with one attached hydrogen (secondary N) is 1. The number of aliphatic carboxylic acids is 1. The Kier molecular flexibility index (Phi) is 7.48. The first-order chi connectivity index (χ1) is 9.51. The summed E-state index contributed by atoms with van der Waals surface area (Å²) in [6.45, 7) is 8.39. The van der Waals surface area contributed by atoms with Crippen molar-refractivity contribution in [1.29, 1.82) is 0 Å². The van der Waals surface area contributed by atoms with Crippen molar-refractivity contribution in [3.8, 4) is 0 Å². The number of rotatable bonds is 9. The molecule has 1 fully saturated rings. The van der Waals surface area contributed by atoms with Gasteiger partial charge in [-0.1, -0.05) is 6.92 Å². The summed E-state index contributed by atoms with van der Waals surface area (Å²) in [6, 6.07) is 0. The van der Waals surface area contributed by atoms with E-state index in [4.69, 9.17) is 4.74 Å². The number of carboxylic acid groups (broad SMARTS) is 1. The molecule has 0 amide bonds. The average molecular weight is 286 g/mol. The van der Waals surface area contributed by atoms with Crippen molar-refractivity contribution >= 4 is 5.97 Å². The van der Waals surface area contributed by atoms with Crippen LogP contribution in [0.5, 0.6) is 0 Å². The first-order valence-corrected chi connectivity index (χ1v) is 7.71. The smallest absolute Gasteiger partial charge is 0.323 e. The van der Waals surface area contributed by atoms with Crippen LogP contribution in [0, 0.1) is 5.92 Å². The largest absolute Gasteiger partial charge is 0.480 e. The van der Waals surface area contributed by atoms with Gasteiger partial charge in [-0.3, -0.25) is 4.79 Å². The Morgan fingerprint density at radius 3 is 2.60 bits per heavy atom. The molecule has 1 unspecified atom stereocenters. The molecule has 5 nitrogen and oxygen atoms in total. The summed E-state index contributed by atoms with van der Waals surface area (Å²) in [5.74, 6) is -0.0828. The molecule has 20 heavy (non-hydrogen) atoms. The van der Waals surface area contributed by atoms with E-state index >= 15 is 0 Å². The fourth-order valence-electron chi connectivity index (χ4n) is 2.67. The minimum atomic E-state index is -0.806. The fourth-order valence-corrected chi connectivity index (χ4v) is 2.67. The van der Waals surface area contributed by atoms with Crippen LogP contribution in [0.3, 0.4) is 0 Å². The van der Waals surface area contributed by atoms with E-state index in [1.165, 1.54) is 0 Å². The summed E-state index contributed by atoms with van der Waals surface area (Å²) in [7, 11) is 1.75. The maximum absolute atomic E-state index is 11.4. The molecule has 1 aliphatic heterocycles. The molecular weight excluding hydrogens is 256 g/mol. The van der Waals surface area contributed by atoms with Crippen LogP contribution >= 0.6 is 0 Å². The van der Waals surface area contributed by atoms with Gasteiger partial charge in [0.15, 0.2) is 0 Å². The number of hydrogen-bond acceptors (Lipinski definition) is 4. The molecular formula is C15H30N2O3. The SMILES string of the molecule is CCCNC(C)(CCN1CCC(COC)CC1)C(=O)O. The summed E-state index contributed by atoms with van der Waals surface area (Å²) >= 11 is 0. The second-order valence-corrected chi connectivity index (χ2v) is 6.05. The van der Waals surface area contributed by atoms with Crippen molar-refractivity contribution < 1.29 is 14.6 Å². The Bertz CT molecular complexity index is 291. The van der Waals surface area contributed by atoms with E-state index in [9.17, 15) is 9.90 Å². The molecule has 0 bridgehead atoms. The fraction of sp³-hybridized carbons (Fsp3) is 0.933. The molecule has 0 saturated carbocycles. The van der Waals surface area contributed by atoms with Gasteiger partial charge in [0, 0.05) is 20.3 Å². The summed E-state index contributed by atoms with van der Waals surface area (Å²) in [5.41, 5.74) is -0.806. The van der Waals surface area contributed by atoms with E-state index < -0.39 is 11.5 Å². The molecule has 0 spiro atoms. The van der Waals surface area contributed by atoms with E-state index in [-0.39, 0.29) is 0 Å². The minimum Gasteiger partial charge on any atom is -0.480 e. The first-order valence-electron chi connectivity index (χ1n) is 7.71. The lowest BCUT2D eigenvalue weighted by atomic mass is 9.94. The standard InChI is InChI=1S/C15H30N2O3/c1-4-8-16-15(2,14(18)19)7-11-17-9-5-13(6-10-17)12-20-3/h13,16H,4-12H2,1-3H3,(H,18,19). The highest BCUT2D eigenvalue weighted by atomic mass is 16.5. The normalized spacial score (nSPS) is 20.8. The second-order valence-electron chi connectivity index (χ2n) is 6.05. The molecule has 118 valence electrons. The number of likely N-dealkylation sites (tertiary alicyclic amines) is 1. The second kappa shape index (κ2) is 8.60. The highest BCUT2D eigenvalue weighted by Gasteiger charge is 2.32. The summed E-state index contributed by atoms with van der Waals surface area (Å²) in [5, 5.41) is 12.6. The van der Waals surface area contributed by atoms with Gasteiger partial charge in [-0.2, -0.15) is 0 Å². The zero-order valence-corrected chi connectivity index (χ0v) is 13.2. The van der Waals surface area contributed by atoms with Crippen LogP contribution < -0.4 is 5.32 Å². The van der Waals surface area contributed by atoms with Crippen molar-refractivity contribution in [2.24, 2.45) is 5.92 Å². The number of ether oxygens (including phenoxy) is 1. The Morgan fingerprint density at radius 1 is 1.45 bits per heavy atom. The van der Waals surface area contributed by atoms with Gasteiger partial charge in [0.1, 0.15) is 5.54 Å². The van der Waals surface area contributed by atoms with E-state index in [2.05, 4.69) is 17.1 Å². The topological polar surface area (TPSA) is 61.8 Å². The zero-order valence-electron chi connectivity index (χ0n) is 13.2. The van der Waals surface area contributed by atoms with Gasteiger partial charge < -0.3 is 20.1 Å². The summed E-state index contributed by atoms with van der Waals surface area (Å²) < 4.78 is 5.20. The molecule has 0 aromatic rings. The van der Waals surface area contributed by atoms with Gasteiger partial charge in [0.05, 0.1) is 0 Å². The quantitative estimate of drug-likeness (QED) is 0.674. The third-order valence-corrected chi connectivity index (χ3v) is 4.27.